The zero-order chi connectivity index (χ0) is 11.5. The maximum absolute atomic E-state index is 13.2. The number of halogens is 2. The van der Waals surface area contributed by atoms with Crippen LogP contribution in [0.15, 0.2) is 30.3 Å². The lowest BCUT2D eigenvalue weighted by atomic mass is 10.2. The van der Waals surface area contributed by atoms with Crippen LogP contribution in [0.2, 0.25) is 0 Å². The van der Waals surface area contributed by atoms with Crippen LogP contribution in [0.25, 0.3) is 0 Å². The smallest absolute Gasteiger partial charge is 0.357 e. The van der Waals surface area contributed by atoms with Crippen molar-refractivity contribution in [2.24, 2.45) is 0 Å². The minimum absolute atomic E-state index is 0.110. The Balaban J connectivity index is 1.94. The minimum Gasteiger partial charge on any atom is -0.364 e. The van der Waals surface area contributed by atoms with Gasteiger partial charge < -0.3 is 4.84 Å². The Morgan fingerprint density at radius 3 is 2.62 bits per heavy atom. The van der Waals surface area contributed by atoms with Gasteiger partial charge in [0.25, 0.3) is 0 Å². The van der Waals surface area contributed by atoms with Crippen LogP contribution in [0.3, 0.4) is 0 Å². The highest BCUT2D eigenvalue weighted by molar-refractivity contribution is 14.1. The highest BCUT2D eigenvalue weighted by Crippen LogP contribution is 2.21. The van der Waals surface area contributed by atoms with Gasteiger partial charge in [-0.3, -0.25) is 0 Å². The van der Waals surface area contributed by atoms with Crippen LogP contribution in [0.5, 0.6) is 0 Å². The number of rotatable bonds is 2. The molecule has 5 heteroatoms. The van der Waals surface area contributed by atoms with Gasteiger partial charge in [0, 0.05) is 6.54 Å². The predicted molar refractivity (Wildman–Crippen MR) is 66.1 cm³/mol. The Morgan fingerprint density at radius 1 is 1.38 bits per heavy atom. The van der Waals surface area contributed by atoms with Crippen molar-refractivity contribution in [3.05, 3.63) is 35.9 Å². The summed E-state index contributed by atoms with van der Waals surface area (Å²) >= 11 is 2.03. The van der Waals surface area contributed by atoms with E-state index in [0.717, 1.165) is 0 Å². The van der Waals surface area contributed by atoms with Crippen LogP contribution in [0.1, 0.15) is 10.4 Å². The average Bonchev–Trinajstić information content (AvgIpc) is 2.59. The van der Waals surface area contributed by atoms with Crippen LogP contribution >= 0.6 is 22.6 Å². The van der Waals surface area contributed by atoms with Crippen molar-refractivity contribution in [1.82, 2.24) is 5.06 Å². The van der Waals surface area contributed by atoms with Gasteiger partial charge in [-0.25, -0.2) is 9.18 Å². The molecule has 0 spiro atoms. The Kier molecular flexibility index (Phi) is 3.75. The fourth-order valence-electron chi connectivity index (χ4n) is 1.51. The molecular weight excluding hydrogens is 324 g/mol. The third-order valence-electron chi connectivity index (χ3n) is 2.37. The number of hydrogen-bond acceptors (Lipinski definition) is 3. The Hall–Kier alpha value is -0.690. The molecule has 0 radical (unpaired) electrons. The van der Waals surface area contributed by atoms with Crippen molar-refractivity contribution < 1.29 is 14.0 Å². The van der Waals surface area contributed by atoms with Gasteiger partial charge in [-0.1, -0.05) is 40.8 Å². The Morgan fingerprint density at radius 2 is 2.06 bits per heavy atom. The zero-order valence-corrected chi connectivity index (χ0v) is 10.6. The SMILES string of the molecule is O=C(ON1C[C@@H](F)[C@H](I)C1)c1ccccc1. The van der Waals surface area contributed by atoms with E-state index in [0.29, 0.717) is 12.1 Å². The van der Waals surface area contributed by atoms with E-state index >= 15 is 0 Å². The number of nitrogens with zero attached hydrogens (tertiary/aromatic N) is 1. The molecule has 1 heterocycles. The molecular formula is C11H11FINO2. The predicted octanol–water partition coefficient (Wildman–Crippen LogP) is 2.22. The maximum atomic E-state index is 13.2. The number of alkyl halides is 2. The van der Waals surface area contributed by atoms with E-state index in [-0.39, 0.29) is 10.5 Å². The van der Waals surface area contributed by atoms with Gasteiger partial charge in [-0.2, -0.15) is 0 Å². The molecule has 1 aromatic carbocycles. The second-order valence-electron chi connectivity index (χ2n) is 3.62. The molecule has 2 rings (SSSR count). The lowest BCUT2D eigenvalue weighted by Crippen LogP contribution is -2.25. The van der Waals surface area contributed by atoms with E-state index in [2.05, 4.69) is 0 Å². The van der Waals surface area contributed by atoms with E-state index in [1.165, 1.54) is 5.06 Å². The first kappa shape index (κ1) is 11.8. The first-order valence-electron chi connectivity index (χ1n) is 4.97. The van der Waals surface area contributed by atoms with Gasteiger partial charge in [-0.15, -0.1) is 5.06 Å². The van der Waals surface area contributed by atoms with E-state index in [4.69, 9.17) is 4.84 Å². The molecule has 0 saturated carbocycles. The molecule has 0 unspecified atom stereocenters. The fourth-order valence-corrected chi connectivity index (χ4v) is 2.18. The summed E-state index contributed by atoms with van der Waals surface area (Å²) in [6.45, 7) is 0.604. The zero-order valence-electron chi connectivity index (χ0n) is 8.48. The lowest BCUT2D eigenvalue weighted by Gasteiger charge is -2.13. The number of hydroxylamine groups is 2. The standard InChI is InChI=1S/C11H11FINO2/c12-9-6-14(7-10(9)13)16-11(15)8-4-2-1-3-5-8/h1-5,9-10H,6-7H2/t9-,10-/m1/s1. The summed E-state index contributed by atoms with van der Waals surface area (Å²) in [6.07, 6.45) is -0.927. The molecule has 1 aliphatic heterocycles. The van der Waals surface area contributed by atoms with Crippen molar-refractivity contribution >= 4 is 28.6 Å². The molecule has 0 aromatic heterocycles. The molecule has 86 valence electrons. The monoisotopic (exact) mass is 335 g/mol. The fraction of sp³-hybridized carbons (Fsp3) is 0.364. The number of benzene rings is 1. The minimum atomic E-state index is -0.927. The van der Waals surface area contributed by atoms with Crippen molar-refractivity contribution in [2.75, 3.05) is 13.1 Å². The summed E-state index contributed by atoms with van der Waals surface area (Å²) in [7, 11) is 0. The second-order valence-corrected chi connectivity index (χ2v) is 5.22. The highest BCUT2D eigenvalue weighted by atomic mass is 127. The first-order valence-corrected chi connectivity index (χ1v) is 6.22. The van der Waals surface area contributed by atoms with E-state index < -0.39 is 12.1 Å². The summed E-state index contributed by atoms with van der Waals surface area (Å²) in [5.74, 6) is -0.432. The van der Waals surface area contributed by atoms with Gasteiger partial charge in [0.05, 0.1) is 16.0 Å². The number of carbonyl (C=O) groups excluding carboxylic acids is 1. The molecule has 1 aliphatic rings. The van der Waals surface area contributed by atoms with Crippen molar-refractivity contribution in [3.63, 3.8) is 0 Å². The summed E-state index contributed by atoms with van der Waals surface area (Å²) < 4.78 is 13.1. The Bertz CT molecular complexity index is 364. The largest absolute Gasteiger partial charge is 0.364 e. The van der Waals surface area contributed by atoms with E-state index in [1.807, 2.05) is 28.7 Å². The van der Waals surface area contributed by atoms with Crippen LogP contribution in [-0.4, -0.2) is 34.2 Å². The molecule has 1 aromatic rings. The molecule has 0 N–H and O–H groups in total. The van der Waals surface area contributed by atoms with Gasteiger partial charge in [0.1, 0.15) is 6.17 Å². The quantitative estimate of drug-likeness (QED) is 0.613. The van der Waals surface area contributed by atoms with Crippen LogP contribution in [0, 0.1) is 0 Å². The molecule has 0 aliphatic carbocycles. The van der Waals surface area contributed by atoms with Crippen molar-refractivity contribution in [2.45, 2.75) is 10.1 Å². The van der Waals surface area contributed by atoms with Crippen LogP contribution in [0.4, 0.5) is 4.39 Å². The van der Waals surface area contributed by atoms with Gasteiger partial charge in [0.2, 0.25) is 0 Å². The molecule has 1 saturated heterocycles. The molecule has 1 fully saturated rings. The van der Waals surface area contributed by atoms with Crippen molar-refractivity contribution in [3.8, 4) is 0 Å². The summed E-state index contributed by atoms with van der Waals surface area (Å²) in [6, 6.07) is 8.70. The Labute approximate surface area is 107 Å². The third kappa shape index (κ3) is 2.70. The highest BCUT2D eigenvalue weighted by Gasteiger charge is 2.33. The molecule has 0 bridgehead atoms. The maximum Gasteiger partial charge on any atom is 0.357 e. The van der Waals surface area contributed by atoms with Gasteiger partial charge in [0.15, 0.2) is 0 Å². The van der Waals surface area contributed by atoms with Crippen molar-refractivity contribution in [1.29, 1.82) is 0 Å². The second kappa shape index (κ2) is 5.09. The normalized spacial score (nSPS) is 25.6. The van der Waals surface area contributed by atoms with Gasteiger partial charge >= 0.3 is 5.97 Å². The molecule has 0 amide bonds. The van der Waals surface area contributed by atoms with Crippen LogP contribution < -0.4 is 0 Å². The first-order chi connectivity index (χ1) is 7.66. The van der Waals surface area contributed by atoms with E-state index in [1.54, 1.807) is 24.3 Å². The van der Waals surface area contributed by atoms with Crippen LogP contribution in [-0.2, 0) is 4.84 Å². The molecule has 3 nitrogen and oxygen atoms in total. The van der Waals surface area contributed by atoms with E-state index in [9.17, 15) is 9.18 Å². The number of hydrogen-bond donors (Lipinski definition) is 0. The average molecular weight is 335 g/mol. The summed E-state index contributed by atoms with van der Waals surface area (Å²) in [4.78, 5) is 16.7. The lowest BCUT2D eigenvalue weighted by molar-refractivity contribution is -0.0954. The third-order valence-corrected chi connectivity index (χ3v) is 3.54. The summed E-state index contributed by atoms with van der Waals surface area (Å²) in [5.41, 5.74) is 0.481. The molecule has 16 heavy (non-hydrogen) atoms. The molecule has 2 atom stereocenters. The summed E-state index contributed by atoms with van der Waals surface area (Å²) in [5, 5.41) is 1.39. The van der Waals surface area contributed by atoms with Gasteiger partial charge in [-0.05, 0) is 12.1 Å². The topological polar surface area (TPSA) is 29.5 Å². The number of carbonyl (C=O) groups is 1.